The molecule has 1 N–H and O–H groups in total. The molecule has 106 valence electrons. The van der Waals surface area contributed by atoms with Gasteiger partial charge < -0.3 is 5.32 Å². The average molecular weight is 286 g/mol. The van der Waals surface area contributed by atoms with Gasteiger partial charge in [-0.25, -0.2) is 9.02 Å². The Morgan fingerprint density at radius 3 is 2.86 bits per heavy atom. The van der Waals surface area contributed by atoms with E-state index >= 15 is 0 Å². The third kappa shape index (κ3) is 2.71. The largest absolute Gasteiger partial charge is 0.349 e. The van der Waals surface area contributed by atoms with Gasteiger partial charge >= 0.3 is 0 Å². The summed E-state index contributed by atoms with van der Waals surface area (Å²) in [5, 5.41) is 9.97. The zero-order valence-electron chi connectivity index (χ0n) is 10.9. The van der Waals surface area contributed by atoms with E-state index in [-0.39, 0.29) is 12.5 Å². The summed E-state index contributed by atoms with van der Waals surface area (Å²) in [6.45, 7) is -0.617. The summed E-state index contributed by atoms with van der Waals surface area (Å²) in [6, 6.07) is 7.10. The second-order valence-corrected chi connectivity index (χ2v) is 4.37. The van der Waals surface area contributed by atoms with E-state index < -0.39 is 6.67 Å². The van der Waals surface area contributed by atoms with Crippen LogP contribution < -0.4 is 5.32 Å². The minimum Gasteiger partial charge on any atom is -0.349 e. The van der Waals surface area contributed by atoms with Crippen LogP contribution >= 0.6 is 0 Å². The second kappa shape index (κ2) is 5.66. The quantitative estimate of drug-likeness (QED) is 0.793. The number of halogens is 1. The third-order valence-corrected chi connectivity index (χ3v) is 2.97. The smallest absolute Gasteiger partial charge is 0.252 e. The van der Waals surface area contributed by atoms with Gasteiger partial charge in [0.15, 0.2) is 0 Å². The number of pyridine rings is 1. The number of benzene rings is 1. The standard InChI is InChI=1S/C14H11FN4O2/c15-3-4-17-14(20)11-5-10(7-16-8-11)9-1-2-12-13(6-9)19-21-18-12/h1-2,5-8H,3-4H2,(H,17,20). The molecule has 0 bridgehead atoms. The summed E-state index contributed by atoms with van der Waals surface area (Å²) >= 11 is 0. The van der Waals surface area contributed by atoms with E-state index in [0.717, 1.165) is 11.1 Å². The molecule has 0 radical (unpaired) electrons. The minimum atomic E-state index is -0.602. The molecule has 0 unspecified atom stereocenters. The number of hydrogen-bond acceptors (Lipinski definition) is 5. The van der Waals surface area contributed by atoms with Crippen molar-refractivity contribution in [3.63, 3.8) is 0 Å². The summed E-state index contributed by atoms with van der Waals surface area (Å²) < 4.78 is 16.7. The normalized spacial score (nSPS) is 10.7. The fourth-order valence-corrected chi connectivity index (χ4v) is 1.95. The van der Waals surface area contributed by atoms with Gasteiger partial charge in [0, 0.05) is 24.5 Å². The fourth-order valence-electron chi connectivity index (χ4n) is 1.95. The molecule has 1 amide bonds. The van der Waals surface area contributed by atoms with Gasteiger partial charge in [-0.2, -0.15) is 0 Å². The first-order valence-electron chi connectivity index (χ1n) is 6.30. The number of amides is 1. The lowest BCUT2D eigenvalue weighted by Gasteiger charge is -2.05. The topological polar surface area (TPSA) is 80.9 Å². The highest BCUT2D eigenvalue weighted by Crippen LogP contribution is 2.22. The highest BCUT2D eigenvalue weighted by Gasteiger charge is 2.09. The Hall–Kier alpha value is -2.83. The molecule has 0 fully saturated rings. The number of nitrogens with zero attached hydrogens (tertiary/aromatic N) is 3. The van der Waals surface area contributed by atoms with E-state index in [1.807, 2.05) is 6.07 Å². The van der Waals surface area contributed by atoms with Gasteiger partial charge in [-0.05, 0) is 34.1 Å². The zero-order chi connectivity index (χ0) is 14.7. The summed E-state index contributed by atoms with van der Waals surface area (Å²) in [5.74, 6) is -0.355. The van der Waals surface area contributed by atoms with E-state index in [2.05, 4.69) is 25.2 Å². The molecule has 7 heteroatoms. The lowest BCUT2D eigenvalue weighted by atomic mass is 10.1. The predicted octanol–water partition coefficient (Wildman–Crippen LogP) is 1.98. The Balaban J connectivity index is 1.93. The van der Waals surface area contributed by atoms with Crippen LogP contribution in [0.5, 0.6) is 0 Å². The van der Waals surface area contributed by atoms with Crippen molar-refractivity contribution in [3.8, 4) is 11.1 Å². The van der Waals surface area contributed by atoms with Crippen molar-refractivity contribution in [3.05, 3.63) is 42.2 Å². The molecule has 0 spiro atoms. The maximum absolute atomic E-state index is 12.1. The Labute approximate surface area is 118 Å². The predicted molar refractivity (Wildman–Crippen MR) is 73.3 cm³/mol. The number of rotatable bonds is 4. The molecule has 2 aromatic heterocycles. The van der Waals surface area contributed by atoms with Gasteiger partial charge in [0.05, 0.1) is 5.56 Å². The van der Waals surface area contributed by atoms with E-state index in [1.54, 1.807) is 24.4 Å². The molecule has 3 rings (SSSR count). The van der Waals surface area contributed by atoms with Crippen molar-refractivity contribution in [1.29, 1.82) is 0 Å². The number of aromatic nitrogens is 3. The lowest BCUT2D eigenvalue weighted by Crippen LogP contribution is -2.25. The Bertz CT molecular complexity index is 787. The van der Waals surface area contributed by atoms with Gasteiger partial charge in [0.2, 0.25) is 0 Å². The molecule has 0 aliphatic rings. The van der Waals surface area contributed by atoms with Gasteiger partial charge in [0.1, 0.15) is 17.7 Å². The maximum atomic E-state index is 12.1. The maximum Gasteiger partial charge on any atom is 0.252 e. The first kappa shape index (κ1) is 13.2. The fraction of sp³-hybridized carbons (Fsp3) is 0.143. The molecule has 2 heterocycles. The van der Waals surface area contributed by atoms with Crippen LogP contribution in [0, 0.1) is 0 Å². The van der Waals surface area contributed by atoms with Crippen LogP contribution in [0.15, 0.2) is 41.3 Å². The molecular formula is C14H11FN4O2. The van der Waals surface area contributed by atoms with Crippen LogP contribution in [-0.4, -0.2) is 34.4 Å². The van der Waals surface area contributed by atoms with Crippen molar-refractivity contribution >= 4 is 16.9 Å². The third-order valence-electron chi connectivity index (χ3n) is 2.97. The summed E-state index contributed by atoms with van der Waals surface area (Å²) in [4.78, 5) is 15.8. The molecule has 0 aliphatic carbocycles. The molecule has 0 atom stereocenters. The van der Waals surface area contributed by atoms with E-state index in [9.17, 15) is 9.18 Å². The Morgan fingerprint density at radius 1 is 1.14 bits per heavy atom. The Kier molecular flexibility index (Phi) is 3.55. The lowest BCUT2D eigenvalue weighted by molar-refractivity contribution is 0.0950. The number of carbonyl (C=O) groups excluding carboxylic acids is 1. The second-order valence-electron chi connectivity index (χ2n) is 4.37. The van der Waals surface area contributed by atoms with Crippen LogP contribution in [0.4, 0.5) is 4.39 Å². The zero-order valence-corrected chi connectivity index (χ0v) is 10.9. The molecule has 21 heavy (non-hydrogen) atoms. The first-order valence-corrected chi connectivity index (χ1v) is 6.30. The van der Waals surface area contributed by atoms with Crippen molar-refractivity contribution in [2.24, 2.45) is 0 Å². The highest BCUT2D eigenvalue weighted by atomic mass is 19.1. The van der Waals surface area contributed by atoms with Crippen molar-refractivity contribution in [2.75, 3.05) is 13.2 Å². The van der Waals surface area contributed by atoms with Gasteiger partial charge in [-0.1, -0.05) is 6.07 Å². The van der Waals surface area contributed by atoms with Gasteiger partial charge in [-0.3, -0.25) is 9.78 Å². The number of fused-ring (bicyclic) bond motifs is 1. The first-order chi connectivity index (χ1) is 10.3. The van der Waals surface area contributed by atoms with Gasteiger partial charge in [0.25, 0.3) is 5.91 Å². The molecule has 0 aliphatic heterocycles. The molecule has 1 aromatic carbocycles. The molecular weight excluding hydrogens is 275 g/mol. The van der Waals surface area contributed by atoms with Crippen LogP contribution in [0.3, 0.4) is 0 Å². The summed E-state index contributed by atoms with van der Waals surface area (Å²) in [6.07, 6.45) is 3.08. The minimum absolute atomic E-state index is 0.0143. The molecule has 6 nitrogen and oxygen atoms in total. The number of carbonyl (C=O) groups is 1. The molecule has 0 saturated heterocycles. The van der Waals surface area contributed by atoms with Crippen LogP contribution in [0.25, 0.3) is 22.2 Å². The number of alkyl halides is 1. The SMILES string of the molecule is O=C(NCCF)c1cncc(-c2ccc3nonc3c2)c1. The van der Waals surface area contributed by atoms with E-state index in [0.29, 0.717) is 16.6 Å². The van der Waals surface area contributed by atoms with Crippen LogP contribution in [0.1, 0.15) is 10.4 Å². The van der Waals surface area contributed by atoms with Crippen LogP contribution in [0.2, 0.25) is 0 Å². The van der Waals surface area contributed by atoms with E-state index in [1.165, 1.54) is 6.20 Å². The van der Waals surface area contributed by atoms with Crippen molar-refractivity contribution < 1.29 is 13.8 Å². The van der Waals surface area contributed by atoms with Gasteiger partial charge in [-0.15, -0.1) is 0 Å². The van der Waals surface area contributed by atoms with Crippen molar-refractivity contribution in [1.82, 2.24) is 20.6 Å². The average Bonchev–Trinajstić information content (AvgIpc) is 3.00. The molecule has 0 saturated carbocycles. The Morgan fingerprint density at radius 2 is 2.00 bits per heavy atom. The number of nitrogens with one attached hydrogen (secondary N) is 1. The van der Waals surface area contributed by atoms with E-state index in [4.69, 9.17) is 0 Å². The highest BCUT2D eigenvalue weighted by molar-refractivity contribution is 5.95. The molecule has 3 aromatic rings. The summed E-state index contributed by atoms with van der Waals surface area (Å²) in [7, 11) is 0. The van der Waals surface area contributed by atoms with Crippen molar-refractivity contribution in [2.45, 2.75) is 0 Å². The van der Waals surface area contributed by atoms with Crippen LogP contribution in [-0.2, 0) is 0 Å². The number of hydrogen-bond donors (Lipinski definition) is 1. The monoisotopic (exact) mass is 286 g/mol. The summed E-state index contributed by atoms with van der Waals surface area (Å²) in [5.41, 5.74) is 3.25.